The van der Waals surface area contributed by atoms with E-state index in [1.807, 2.05) is 0 Å². The Labute approximate surface area is 69.9 Å². The standard InChI is InChI=1S/C6H13N3O3/c1-3(10)5(6(8)12)9-4(11)2-7/h3,5,10H,2,7H2,1H3,(H2,8,12)(H,9,11)/t3-,5+/m1/s1. The van der Waals surface area contributed by atoms with Gasteiger partial charge in [-0.1, -0.05) is 0 Å². The van der Waals surface area contributed by atoms with Gasteiger partial charge in [-0.15, -0.1) is 0 Å². The normalized spacial score (nSPS) is 14.9. The Hall–Kier alpha value is -1.14. The maximum atomic E-state index is 10.7. The second kappa shape index (κ2) is 4.68. The molecular formula is C6H13N3O3. The van der Waals surface area contributed by atoms with Gasteiger partial charge in [0, 0.05) is 0 Å². The van der Waals surface area contributed by atoms with Crippen LogP contribution in [0.2, 0.25) is 0 Å². The molecule has 0 saturated heterocycles. The van der Waals surface area contributed by atoms with Crippen molar-refractivity contribution in [2.24, 2.45) is 11.5 Å². The van der Waals surface area contributed by atoms with Crippen LogP contribution in [0.25, 0.3) is 0 Å². The van der Waals surface area contributed by atoms with Gasteiger partial charge in [-0.25, -0.2) is 0 Å². The quantitative estimate of drug-likeness (QED) is 0.371. The third kappa shape index (κ3) is 3.31. The van der Waals surface area contributed by atoms with Crippen LogP contribution in [0.1, 0.15) is 6.92 Å². The summed E-state index contributed by atoms with van der Waals surface area (Å²) in [5.74, 6) is -1.31. The van der Waals surface area contributed by atoms with Gasteiger partial charge in [-0.2, -0.15) is 0 Å². The molecule has 0 aliphatic heterocycles. The highest BCUT2D eigenvalue weighted by atomic mass is 16.3. The average molecular weight is 175 g/mol. The van der Waals surface area contributed by atoms with Crippen LogP contribution in [0, 0.1) is 0 Å². The van der Waals surface area contributed by atoms with E-state index in [2.05, 4.69) is 5.32 Å². The Bertz CT molecular complexity index is 181. The number of primary amides is 1. The predicted molar refractivity (Wildman–Crippen MR) is 41.9 cm³/mol. The first-order valence-electron chi connectivity index (χ1n) is 3.45. The zero-order valence-corrected chi connectivity index (χ0v) is 6.78. The third-order valence-electron chi connectivity index (χ3n) is 1.29. The van der Waals surface area contributed by atoms with Crippen molar-refractivity contribution in [3.8, 4) is 0 Å². The molecule has 0 aromatic carbocycles. The van der Waals surface area contributed by atoms with Crippen LogP contribution in [0.3, 0.4) is 0 Å². The zero-order chi connectivity index (χ0) is 9.72. The van der Waals surface area contributed by atoms with E-state index in [0.717, 1.165) is 0 Å². The van der Waals surface area contributed by atoms with E-state index >= 15 is 0 Å². The van der Waals surface area contributed by atoms with Crippen molar-refractivity contribution in [2.75, 3.05) is 6.54 Å². The SMILES string of the molecule is C[C@@H](O)[C@H](NC(=O)CN)C(N)=O. The summed E-state index contributed by atoms with van der Waals surface area (Å²) in [5.41, 5.74) is 9.86. The molecule has 70 valence electrons. The van der Waals surface area contributed by atoms with E-state index in [1.165, 1.54) is 6.92 Å². The predicted octanol–water partition coefficient (Wildman–Crippen LogP) is -2.70. The molecule has 12 heavy (non-hydrogen) atoms. The minimum Gasteiger partial charge on any atom is -0.391 e. The summed E-state index contributed by atoms with van der Waals surface area (Å²) < 4.78 is 0. The van der Waals surface area contributed by atoms with Crippen molar-refractivity contribution >= 4 is 11.8 Å². The van der Waals surface area contributed by atoms with Crippen LogP contribution < -0.4 is 16.8 Å². The lowest BCUT2D eigenvalue weighted by Gasteiger charge is -2.17. The summed E-state index contributed by atoms with van der Waals surface area (Å²) in [4.78, 5) is 21.3. The van der Waals surface area contributed by atoms with Crippen LogP contribution in [-0.2, 0) is 9.59 Å². The number of carbonyl (C=O) groups is 2. The lowest BCUT2D eigenvalue weighted by atomic mass is 10.2. The van der Waals surface area contributed by atoms with Crippen molar-refractivity contribution in [3.05, 3.63) is 0 Å². The van der Waals surface area contributed by atoms with Crippen molar-refractivity contribution < 1.29 is 14.7 Å². The molecule has 0 heterocycles. The Balaban J connectivity index is 4.14. The summed E-state index contributed by atoms with van der Waals surface area (Å²) in [6, 6.07) is -1.07. The van der Waals surface area contributed by atoms with Crippen molar-refractivity contribution in [3.63, 3.8) is 0 Å². The molecule has 6 N–H and O–H groups in total. The Kier molecular flexibility index (Phi) is 4.24. The molecule has 0 rings (SSSR count). The summed E-state index contributed by atoms with van der Waals surface area (Å²) in [7, 11) is 0. The van der Waals surface area contributed by atoms with Crippen LogP contribution >= 0.6 is 0 Å². The van der Waals surface area contributed by atoms with Gasteiger partial charge in [0.2, 0.25) is 11.8 Å². The molecule has 0 unspecified atom stereocenters. The largest absolute Gasteiger partial charge is 0.391 e. The maximum Gasteiger partial charge on any atom is 0.242 e. The number of rotatable bonds is 4. The van der Waals surface area contributed by atoms with Crippen molar-refractivity contribution in [1.82, 2.24) is 5.32 Å². The van der Waals surface area contributed by atoms with E-state index < -0.39 is 24.0 Å². The van der Waals surface area contributed by atoms with Gasteiger partial charge in [-0.05, 0) is 6.92 Å². The lowest BCUT2D eigenvalue weighted by Crippen LogP contribution is -2.52. The van der Waals surface area contributed by atoms with Crippen molar-refractivity contribution in [1.29, 1.82) is 0 Å². The second-order valence-corrected chi connectivity index (χ2v) is 2.39. The molecule has 0 spiro atoms. The zero-order valence-electron chi connectivity index (χ0n) is 6.78. The third-order valence-corrected chi connectivity index (χ3v) is 1.29. The van der Waals surface area contributed by atoms with E-state index in [4.69, 9.17) is 16.6 Å². The molecule has 2 atom stereocenters. The van der Waals surface area contributed by atoms with Crippen LogP contribution in [-0.4, -0.2) is 35.6 Å². The summed E-state index contributed by atoms with van der Waals surface area (Å²) in [6.45, 7) is 1.11. The smallest absolute Gasteiger partial charge is 0.242 e. The molecule has 2 amide bonds. The minimum atomic E-state index is -1.07. The van der Waals surface area contributed by atoms with Crippen LogP contribution in [0.4, 0.5) is 0 Å². The van der Waals surface area contributed by atoms with Gasteiger partial charge in [0.05, 0.1) is 12.6 Å². The molecule has 0 aromatic rings. The molecule has 0 fully saturated rings. The van der Waals surface area contributed by atoms with Gasteiger partial charge in [0.25, 0.3) is 0 Å². The fourth-order valence-corrected chi connectivity index (χ4v) is 0.662. The molecular weight excluding hydrogens is 162 g/mol. The Morgan fingerprint density at radius 3 is 2.33 bits per heavy atom. The number of hydrogen-bond acceptors (Lipinski definition) is 4. The van der Waals surface area contributed by atoms with Gasteiger partial charge < -0.3 is 21.9 Å². The van der Waals surface area contributed by atoms with Gasteiger partial charge in [0.15, 0.2) is 0 Å². The molecule has 0 saturated carbocycles. The first-order chi connectivity index (χ1) is 5.49. The molecule has 0 bridgehead atoms. The number of aliphatic hydroxyl groups excluding tert-OH is 1. The number of amides is 2. The van der Waals surface area contributed by atoms with Crippen molar-refractivity contribution in [2.45, 2.75) is 19.1 Å². The minimum absolute atomic E-state index is 0.240. The number of nitrogens with two attached hydrogens (primary N) is 2. The Morgan fingerprint density at radius 2 is 2.08 bits per heavy atom. The second-order valence-electron chi connectivity index (χ2n) is 2.39. The fourth-order valence-electron chi connectivity index (χ4n) is 0.662. The monoisotopic (exact) mass is 175 g/mol. The highest BCUT2D eigenvalue weighted by Crippen LogP contribution is 1.90. The van der Waals surface area contributed by atoms with Crippen LogP contribution in [0.5, 0.6) is 0 Å². The van der Waals surface area contributed by atoms with E-state index in [1.54, 1.807) is 0 Å². The molecule has 0 aliphatic carbocycles. The first kappa shape index (κ1) is 10.9. The van der Waals surface area contributed by atoms with E-state index in [-0.39, 0.29) is 6.54 Å². The summed E-state index contributed by atoms with van der Waals surface area (Å²) in [5, 5.41) is 11.1. The Morgan fingerprint density at radius 1 is 1.58 bits per heavy atom. The number of aliphatic hydroxyl groups is 1. The van der Waals surface area contributed by atoms with E-state index in [9.17, 15) is 9.59 Å². The number of hydrogen-bond donors (Lipinski definition) is 4. The lowest BCUT2D eigenvalue weighted by molar-refractivity contribution is -0.128. The average Bonchev–Trinajstić information content (AvgIpc) is 1.98. The highest BCUT2D eigenvalue weighted by molar-refractivity contribution is 5.87. The number of nitrogens with one attached hydrogen (secondary N) is 1. The van der Waals surface area contributed by atoms with Crippen LogP contribution in [0.15, 0.2) is 0 Å². The topological polar surface area (TPSA) is 118 Å². The summed E-state index contributed by atoms with van der Waals surface area (Å²) >= 11 is 0. The molecule has 0 aliphatic rings. The van der Waals surface area contributed by atoms with Gasteiger partial charge in [0.1, 0.15) is 6.04 Å². The molecule has 6 nitrogen and oxygen atoms in total. The highest BCUT2D eigenvalue weighted by Gasteiger charge is 2.22. The molecule has 0 radical (unpaired) electrons. The van der Waals surface area contributed by atoms with E-state index in [0.29, 0.717) is 0 Å². The van der Waals surface area contributed by atoms with Gasteiger partial charge >= 0.3 is 0 Å². The first-order valence-corrected chi connectivity index (χ1v) is 3.45. The maximum absolute atomic E-state index is 10.7. The molecule has 0 aromatic heterocycles. The van der Waals surface area contributed by atoms with Gasteiger partial charge in [-0.3, -0.25) is 9.59 Å². The fraction of sp³-hybridized carbons (Fsp3) is 0.667. The number of carbonyl (C=O) groups excluding carboxylic acids is 2. The summed E-state index contributed by atoms with van der Waals surface area (Å²) in [6.07, 6.45) is -1.02. The molecule has 6 heteroatoms.